The number of sulfone groups is 1. The molecule has 6 nitrogen and oxygen atoms in total. The molecule has 102 valence electrons. The van der Waals surface area contributed by atoms with E-state index in [1.54, 1.807) is 23.0 Å². The van der Waals surface area contributed by atoms with Gasteiger partial charge < -0.3 is 5.73 Å². The molecule has 2 aromatic heterocycles. The first-order valence-corrected chi connectivity index (χ1v) is 8.08. The van der Waals surface area contributed by atoms with Gasteiger partial charge in [-0.15, -0.1) is 0 Å². The van der Waals surface area contributed by atoms with Crippen molar-refractivity contribution < 1.29 is 8.42 Å². The fraction of sp³-hybridized carbons (Fsp3) is 0.500. The van der Waals surface area contributed by atoms with Crippen LogP contribution in [0.2, 0.25) is 0 Å². The van der Waals surface area contributed by atoms with Crippen molar-refractivity contribution >= 4 is 21.3 Å². The van der Waals surface area contributed by atoms with Gasteiger partial charge in [0.15, 0.2) is 15.5 Å². The van der Waals surface area contributed by atoms with E-state index < -0.39 is 9.84 Å². The lowest BCUT2D eigenvalue weighted by Gasteiger charge is -2.21. The molecule has 1 saturated heterocycles. The molecule has 0 aromatic carbocycles. The topological polar surface area (TPSA) is 90.3 Å². The van der Waals surface area contributed by atoms with E-state index in [2.05, 4.69) is 10.1 Å². The first-order chi connectivity index (χ1) is 9.08. The lowest BCUT2D eigenvalue weighted by Crippen LogP contribution is -2.30. The van der Waals surface area contributed by atoms with Gasteiger partial charge in [0.1, 0.15) is 5.82 Å². The first kappa shape index (κ1) is 12.4. The summed E-state index contributed by atoms with van der Waals surface area (Å²) in [5, 5.41) is 3.86. The summed E-state index contributed by atoms with van der Waals surface area (Å²) in [6, 6.07) is 1.67. The Morgan fingerprint density at radius 2 is 2.26 bits per heavy atom. The predicted molar refractivity (Wildman–Crippen MR) is 72.5 cm³/mol. The number of hydrogen-bond donors (Lipinski definition) is 1. The van der Waals surface area contributed by atoms with Crippen LogP contribution in [0.5, 0.6) is 0 Å². The molecular weight excluding hydrogens is 264 g/mol. The molecule has 2 aromatic rings. The number of aromatic nitrogens is 3. The quantitative estimate of drug-likeness (QED) is 0.879. The molecule has 3 rings (SSSR count). The van der Waals surface area contributed by atoms with Crippen molar-refractivity contribution in [2.45, 2.75) is 30.9 Å². The minimum atomic E-state index is -2.97. The van der Waals surface area contributed by atoms with Gasteiger partial charge in [-0.05, 0) is 25.3 Å². The van der Waals surface area contributed by atoms with Gasteiger partial charge >= 0.3 is 0 Å². The second-order valence-corrected chi connectivity index (χ2v) is 7.36. The second-order valence-electron chi connectivity index (χ2n) is 4.96. The lowest BCUT2D eigenvalue weighted by molar-refractivity contribution is 0.538. The van der Waals surface area contributed by atoms with Crippen molar-refractivity contribution in [1.82, 2.24) is 14.6 Å². The normalized spacial score (nSPS) is 22.6. The summed E-state index contributed by atoms with van der Waals surface area (Å²) in [5.74, 6) is 0.801. The minimum Gasteiger partial charge on any atom is -0.384 e. The molecule has 0 amide bonds. The van der Waals surface area contributed by atoms with Gasteiger partial charge in [0, 0.05) is 11.8 Å². The number of rotatable bonds is 2. The third-order valence-corrected chi connectivity index (χ3v) is 5.94. The Morgan fingerprint density at radius 3 is 3.05 bits per heavy atom. The van der Waals surface area contributed by atoms with Crippen LogP contribution in [0.25, 0.3) is 5.65 Å². The highest BCUT2D eigenvalue weighted by Crippen LogP contribution is 2.24. The summed E-state index contributed by atoms with van der Waals surface area (Å²) in [4.78, 5) is 4.24. The molecule has 0 bridgehead atoms. The van der Waals surface area contributed by atoms with Gasteiger partial charge in [-0.3, -0.25) is 0 Å². The molecule has 1 atom stereocenters. The zero-order valence-corrected chi connectivity index (χ0v) is 11.3. The standard InChI is InChI=1S/C12H16N4O2S/c13-11-4-5-14-12-9(8-15-16(11)12)7-10-3-1-2-6-19(10,17)18/h4-5,8,10H,1-3,6-7,13H2. The minimum absolute atomic E-state index is 0.298. The van der Waals surface area contributed by atoms with Crippen molar-refractivity contribution in [1.29, 1.82) is 0 Å². The van der Waals surface area contributed by atoms with E-state index in [0.717, 1.165) is 24.8 Å². The van der Waals surface area contributed by atoms with Crippen LogP contribution in [0.1, 0.15) is 24.8 Å². The molecule has 0 aliphatic carbocycles. The fourth-order valence-corrected chi connectivity index (χ4v) is 4.50. The maximum Gasteiger partial charge on any atom is 0.160 e. The highest BCUT2D eigenvalue weighted by molar-refractivity contribution is 7.92. The Balaban J connectivity index is 1.95. The van der Waals surface area contributed by atoms with E-state index in [-0.39, 0.29) is 5.25 Å². The molecule has 2 N–H and O–H groups in total. The highest BCUT2D eigenvalue weighted by Gasteiger charge is 2.29. The van der Waals surface area contributed by atoms with Gasteiger partial charge in [-0.1, -0.05) is 6.42 Å². The molecule has 7 heteroatoms. The smallest absolute Gasteiger partial charge is 0.160 e. The van der Waals surface area contributed by atoms with Crippen molar-refractivity contribution in [3.8, 4) is 0 Å². The average Bonchev–Trinajstić information content (AvgIpc) is 2.77. The van der Waals surface area contributed by atoms with E-state index in [0.29, 0.717) is 23.6 Å². The molecule has 0 radical (unpaired) electrons. The molecule has 1 aliphatic heterocycles. The summed E-state index contributed by atoms with van der Waals surface area (Å²) in [6.45, 7) is 0. The summed E-state index contributed by atoms with van der Waals surface area (Å²) in [6.07, 6.45) is 6.23. The molecule has 0 spiro atoms. The van der Waals surface area contributed by atoms with Gasteiger partial charge in [-0.25, -0.2) is 13.4 Å². The number of nitrogens with two attached hydrogens (primary N) is 1. The van der Waals surface area contributed by atoms with Crippen LogP contribution < -0.4 is 5.73 Å². The van der Waals surface area contributed by atoms with Crippen LogP contribution in [-0.4, -0.2) is 34.0 Å². The van der Waals surface area contributed by atoms with E-state index in [9.17, 15) is 8.42 Å². The number of nitrogen functional groups attached to an aromatic ring is 1. The summed E-state index contributed by atoms with van der Waals surface area (Å²) in [5.41, 5.74) is 7.30. The van der Waals surface area contributed by atoms with Crippen LogP contribution in [0.3, 0.4) is 0 Å². The van der Waals surface area contributed by atoms with Crippen molar-refractivity contribution in [3.05, 3.63) is 24.0 Å². The Kier molecular flexibility index (Phi) is 2.93. The molecule has 1 unspecified atom stereocenters. The van der Waals surface area contributed by atoms with Crippen LogP contribution in [-0.2, 0) is 16.3 Å². The van der Waals surface area contributed by atoms with Crippen LogP contribution in [0.15, 0.2) is 18.5 Å². The number of fused-ring (bicyclic) bond motifs is 1. The highest BCUT2D eigenvalue weighted by atomic mass is 32.2. The Hall–Kier alpha value is -1.63. The SMILES string of the molecule is Nc1ccnc2c(CC3CCCCS3(=O)=O)cnn12. The second kappa shape index (κ2) is 4.48. The van der Waals surface area contributed by atoms with Crippen molar-refractivity contribution in [2.75, 3.05) is 11.5 Å². The van der Waals surface area contributed by atoms with E-state index in [1.165, 1.54) is 0 Å². The van der Waals surface area contributed by atoms with E-state index in [4.69, 9.17) is 5.73 Å². The van der Waals surface area contributed by atoms with Crippen LogP contribution >= 0.6 is 0 Å². The number of nitrogens with zero attached hydrogens (tertiary/aromatic N) is 3. The van der Waals surface area contributed by atoms with Gasteiger partial charge in [0.05, 0.1) is 17.2 Å². The summed E-state index contributed by atoms with van der Waals surface area (Å²) in [7, 11) is -2.97. The lowest BCUT2D eigenvalue weighted by atomic mass is 10.1. The third kappa shape index (κ3) is 2.18. The first-order valence-electron chi connectivity index (χ1n) is 6.36. The Bertz CT molecular complexity index is 708. The molecule has 1 fully saturated rings. The summed E-state index contributed by atoms with van der Waals surface area (Å²) < 4.78 is 25.6. The zero-order valence-electron chi connectivity index (χ0n) is 10.5. The monoisotopic (exact) mass is 280 g/mol. The predicted octanol–water partition coefficient (Wildman–Crippen LogP) is 0.821. The van der Waals surface area contributed by atoms with Crippen molar-refractivity contribution in [3.63, 3.8) is 0 Å². The van der Waals surface area contributed by atoms with Crippen LogP contribution in [0, 0.1) is 0 Å². The van der Waals surface area contributed by atoms with Crippen LogP contribution in [0.4, 0.5) is 5.82 Å². The average molecular weight is 280 g/mol. The van der Waals surface area contributed by atoms with Gasteiger partial charge in [0.2, 0.25) is 0 Å². The van der Waals surface area contributed by atoms with E-state index >= 15 is 0 Å². The maximum atomic E-state index is 12.0. The molecular formula is C12H16N4O2S. The number of hydrogen-bond acceptors (Lipinski definition) is 5. The van der Waals surface area contributed by atoms with E-state index in [1.807, 2.05) is 0 Å². The number of anilines is 1. The summed E-state index contributed by atoms with van der Waals surface area (Å²) >= 11 is 0. The maximum absolute atomic E-state index is 12.0. The van der Waals surface area contributed by atoms with Gasteiger partial charge in [-0.2, -0.15) is 9.61 Å². The molecule has 3 heterocycles. The molecule has 0 saturated carbocycles. The Labute approximate surface area is 111 Å². The zero-order chi connectivity index (χ0) is 13.5. The third-order valence-electron chi connectivity index (χ3n) is 3.66. The van der Waals surface area contributed by atoms with Gasteiger partial charge in [0.25, 0.3) is 0 Å². The largest absolute Gasteiger partial charge is 0.384 e. The molecule has 1 aliphatic rings. The molecule has 19 heavy (non-hydrogen) atoms. The van der Waals surface area contributed by atoms with Crippen molar-refractivity contribution in [2.24, 2.45) is 0 Å². The Morgan fingerprint density at radius 1 is 1.42 bits per heavy atom. The fourth-order valence-electron chi connectivity index (χ4n) is 2.60.